The quantitative estimate of drug-likeness (QED) is 0.763. The summed E-state index contributed by atoms with van der Waals surface area (Å²) >= 11 is 4.89. The van der Waals surface area contributed by atoms with E-state index >= 15 is 0 Å². The topological polar surface area (TPSA) is 64.3 Å². The lowest BCUT2D eigenvalue weighted by Gasteiger charge is -2.15. The highest BCUT2D eigenvalue weighted by atomic mass is 32.1. The van der Waals surface area contributed by atoms with Gasteiger partial charge in [-0.05, 0) is 19.1 Å². The minimum absolute atomic E-state index is 0.197. The fraction of sp³-hybridized carbons (Fsp3) is 0.273. The number of carbonyl (C=O) groups excluding carboxylic acids is 1. The minimum atomic E-state index is -0.583. The Morgan fingerprint density at radius 1 is 1.50 bits per heavy atom. The highest BCUT2D eigenvalue weighted by Gasteiger charge is 2.15. The summed E-state index contributed by atoms with van der Waals surface area (Å²) in [7, 11) is 1.56. The summed E-state index contributed by atoms with van der Waals surface area (Å²) in [6.07, 6.45) is -0.583. The zero-order chi connectivity index (χ0) is 12.1. The Morgan fingerprint density at radius 2 is 2.12 bits per heavy atom. The van der Waals surface area contributed by atoms with E-state index in [0.717, 1.165) is 0 Å². The van der Waals surface area contributed by atoms with Gasteiger partial charge in [0.1, 0.15) is 10.7 Å². The molecule has 3 N–H and O–H groups in total. The van der Waals surface area contributed by atoms with Crippen LogP contribution in [0.15, 0.2) is 24.3 Å². The van der Waals surface area contributed by atoms with E-state index < -0.39 is 6.10 Å². The van der Waals surface area contributed by atoms with E-state index in [1.54, 1.807) is 32.2 Å². The standard InChI is InChI=1S/C11H14N2O2S/c1-7(11(14)13-2)15-9-6-4-3-5-8(9)10(12)16/h3-7H,1-2H3,(H2,12,16)(H,13,14). The third-order valence-electron chi connectivity index (χ3n) is 2.07. The molecule has 1 aromatic carbocycles. The Kier molecular flexibility index (Phi) is 4.25. The second-order valence-electron chi connectivity index (χ2n) is 3.23. The fourth-order valence-corrected chi connectivity index (χ4v) is 1.39. The zero-order valence-electron chi connectivity index (χ0n) is 9.19. The summed E-state index contributed by atoms with van der Waals surface area (Å²) in [4.78, 5) is 11.5. The van der Waals surface area contributed by atoms with Crippen molar-refractivity contribution in [2.24, 2.45) is 5.73 Å². The highest BCUT2D eigenvalue weighted by molar-refractivity contribution is 7.80. The van der Waals surface area contributed by atoms with Gasteiger partial charge in [0.25, 0.3) is 5.91 Å². The van der Waals surface area contributed by atoms with Crippen molar-refractivity contribution in [2.45, 2.75) is 13.0 Å². The molecule has 0 aliphatic heterocycles. The van der Waals surface area contributed by atoms with Gasteiger partial charge in [-0.2, -0.15) is 0 Å². The molecule has 0 radical (unpaired) electrons. The second-order valence-corrected chi connectivity index (χ2v) is 3.67. The molecule has 0 heterocycles. The van der Waals surface area contributed by atoms with Crippen molar-refractivity contribution >= 4 is 23.1 Å². The summed E-state index contributed by atoms with van der Waals surface area (Å²) in [5.41, 5.74) is 6.18. The number of carbonyl (C=O) groups is 1. The van der Waals surface area contributed by atoms with Gasteiger partial charge in [0.05, 0.1) is 5.56 Å². The van der Waals surface area contributed by atoms with Gasteiger partial charge in [0, 0.05) is 7.05 Å². The Balaban J connectivity index is 2.88. The van der Waals surface area contributed by atoms with Crippen LogP contribution in [0.2, 0.25) is 0 Å². The lowest BCUT2D eigenvalue weighted by atomic mass is 10.2. The average molecular weight is 238 g/mol. The molecule has 0 aromatic heterocycles. The molecule has 1 atom stereocenters. The van der Waals surface area contributed by atoms with Crippen LogP contribution in [0.1, 0.15) is 12.5 Å². The summed E-state index contributed by atoms with van der Waals surface area (Å²) in [6.45, 7) is 1.66. The van der Waals surface area contributed by atoms with Crippen molar-refractivity contribution in [3.05, 3.63) is 29.8 Å². The molecule has 1 aromatic rings. The van der Waals surface area contributed by atoms with E-state index in [0.29, 0.717) is 11.3 Å². The summed E-state index contributed by atoms with van der Waals surface area (Å²) in [5, 5.41) is 2.51. The van der Waals surface area contributed by atoms with Crippen molar-refractivity contribution < 1.29 is 9.53 Å². The van der Waals surface area contributed by atoms with E-state index in [-0.39, 0.29) is 10.9 Å². The molecule has 0 fully saturated rings. The van der Waals surface area contributed by atoms with Crippen molar-refractivity contribution in [3.8, 4) is 5.75 Å². The molecule has 0 spiro atoms. The molecule has 1 amide bonds. The van der Waals surface area contributed by atoms with E-state index in [9.17, 15) is 4.79 Å². The summed E-state index contributed by atoms with van der Waals surface area (Å²) < 4.78 is 5.48. The molecular formula is C11H14N2O2S. The van der Waals surface area contributed by atoms with Crippen LogP contribution in [0.3, 0.4) is 0 Å². The van der Waals surface area contributed by atoms with Gasteiger partial charge >= 0.3 is 0 Å². The van der Waals surface area contributed by atoms with Crippen LogP contribution in [0.25, 0.3) is 0 Å². The monoisotopic (exact) mass is 238 g/mol. The number of amides is 1. The number of para-hydroxylation sites is 1. The first-order valence-electron chi connectivity index (χ1n) is 4.83. The largest absolute Gasteiger partial charge is 0.480 e. The smallest absolute Gasteiger partial charge is 0.260 e. The number of ether oxygens (including phenoxy) is 1. The summed E-state index contributed by atoms with van der Waals surface area (Å²) in [6, 6.07) is 7.10. The Labute approximate surface area is 99.8 Å². The van der Waals surface area contributed by atoms with Crippen LogP contribution >= 0.6 is 12.2 Å². The van der Waals surface area contributed by atoms with Crippen LogP contribution < -0.4 is 15.8 Å². The first-order chi connectivity index (χ1) is 7.56. The lowest BCUT2D eigenvalue weighted by molar-refractivity contribution is -0.126. The maximum absolute atomic E-state index is 11.3. The van der Waals surface area contributed by atoms with E-state index in [1.807, 2.05) is 6.07 Å². The van der Waals surface area contributed by atoms with Crippen molar-refractivity contribution in [3.63, 3.8) is 0 Å². The Bertz CT molecular complexity index is 407. The maximum atomic E-state index is 11.3. The number of hydrogen-bond acceptors (Lipinski definition) is 3. The number of hydrogen-bond donors (Lipinski definition) is 2. The van der Waals surface area contributed by atoms with Gasteiger partial charge in [0.15, 0.2) is 6.10 Å². The number of benzene rings is 1. The zero-order valence-corrected chi connectivity index (χ0v) is 10.0. The summed E-state index contributed by atoms with van der Waals surface area (Å²) in [5.74, 6) is 0.323. The Hall–Kier alpha value is -1.62. The first-order valence-corrected chi connectivity index (χ1v) is 5.24. The van der Waals surface area contributed by atoms with Gasteiger partial charge in [-0.1, -0.05) is 24.4 Å². The molecular weight excluding hydrogens is 224 g/mol. The van der Waals surface area contributed by atoms with Crippen LogP contribution in [0.5, 0.6) is 5.75 Å². The normalized spacial score (nSPS) is 11.6. The molecule has 1 unspecified atom stereocenters. The SMILES string of the molecule is CNC(=O)C(C)Oc1ccccc1C(N)=S. The maximum Gasteiger partial charge on any atom is 0.260 e. The number of nitrogens with one attached hydrogen (secondary N) is 1. The van der Waals surface area contributed by atoms with Gasteiger partial charge in [0.2, 0.25) is 0 Å². The van der Waals surface area contributed by atoms with Crippen LogP contribution in [0.4, 0.5) is 0 Å². The van der Waals surface area contributed by atoms with E-state index in [4.69, 9.17) is 22.7 Å². The second kappa shape index (κ2) is 5.46. The average Bonchev–Trinajstić information content (AvgIpc) is 2.28. The van der Waals surface area contributed by atoms with Crippen molar-refractivity contribution in [2.75, 3.05) is 7.05 Å². The lowest BCUT2D eigenvalue weighted by Crippen LogP contribution is -2.34. The van der Waals surface area contributed by atoms with Gasteiger partial charge in [-0.3, -0.25) is 4.79 Å². The minimum Gasteiger partial charge on any atom is -0.480 e. The van der Waals surface area contributed by atoms with Gasteiger partial charge in [-0.15, -0.1) is 0 Å². The van der Waals surface area contributed by atoms with Gasteiger partial charge in [-0.25, -0.2) is 0 Å². The Morgan fingerprint density at radius 3 is 2.69 bits per heavy atom. The number of likely N-dealkylation sites (N-methyl/N-ethyl adjacent to an activating group) is 1. The molecule has 0 aliphatic carbocycles. The highest BCUT2D eigenvalue weighted by Crippen LogP contribution is 2.19. The molecule has 5 heteroatoms. The molecule has 86 valence electrons. The number of thiocarbonyl (C=S) groups is 1. The van der Waals surface area contributed by atoms with Crippen LogP contribution in [-0.2, 0) is 4.79 Å². The molecule has 0 saturated heterocycles. The molecule has 0 bridgehead atoms. The third-order valence-corrected chi connectivity index (χ3v) is 2.29. The number of nitrogens with two attached hydrogens (primary N) is 1. The van der Waals surface area contributed by atoms with Crippen molar-refractivity contribution in [1.82, 2.24) is 5.32 Å². The molecule has 0 aliphatic rings. The van der Waals surface area contributed by atoms with E-state index in [2.05, 4.69) is 5.32 Å². The van der Waals surface area contributed by atoms with Crippen molar-refractivity contribution in [1.29, 1.82) is 0 Å². The molecule has 0 saturated carbocycles. The molecule has 16 heavy (non-hydrogen) atoms. The third kappa shape index (κ3) is 2.93. The molecule has 1 rings (SSSR count). The first kappa shape index (κ1) is 12.4. The number of rotatable bonds is 4. The van der Waals surface area contributed by atoms with Crippen LogP contribution in [-0.4, -0.2) is 24.0 Å². The fourth-order valence-electron chi connectivity index (χ4n) is 1.22. The van der Waals surface area contributed by atoms with Gasteiger partial charge < -0.3 is 15.8 Å². The predicted octanol–water partition coefficient (Wildman–Crippen LogP) is 0.834. The van der Waals surface area contributed by atoms with E-state index in [1.165, 1.54) is 0 Å². The van der Waals surface area contributed by atoms with Crippen LogP contribution in [0, 0.1) is 0 Å². The molecule has 4 nitrogen and oxygen atoms in total. The predicted molar refractivity (Wildman–Crippen MR) is 66.5 cm³/mol.